The first-order valence-electron chi connectivity index (χ1n) is 7.61. The quantitative estimate of drug-likeness (QED) is 0.742. The Kier molecular flexibility index (Phi) is 4.29. The van der Waals surface area contributed by atoms with E-state index in [0.29, 0.717) is 16.6 Å². The number of fused-ring (bicyclic) bond motifs is 1. The van der Waals surface area contributed by atoms with Crippen molar-refractivity contribution in [3.05, 3.63) is 71.4 Å². The van der Waals surface area contributed by atoms with E-state index in [0.717, 1.165) is 11.3 Å². The Hall–Kier alpha value is -3.14. The van der Waals surface area contributed by atoms with Crippen LogP contribution in [0.25, 0.3) is 23.1 Å². The van der Waals surface area contributed by atoms with Crippen molar-refractivity contribution in [2.24, 2.45) is 0 Å². The molecule has 0 aliphatic rings. The van der Waals surface area contributed by atoms with Gasteiger partial charge in [0.25, 0.3) is 0 Å². The SMILES string of the molecule is CN(C)c1ccc(/C=C/c2cc(C(=O)[O-])c3ccccc3n2)cc1. The lowest BCUT2D eigenvalue weighted by Crippen LogP contribution is -2.22. The van der Waals surface area contributed by atoms with Crippen LogP contribution in [-0.4, -0.2) is 25.0 Å². The average Bonchev–Trinajstić information content (AvgIpc) is 2.59. The molecule has 3 rings (SSSR count). The van der Waals surface area contributed by atoms with Crippen molar-refractivity contribution in [3.8, 4) is 0 Å². The summed E-state index contributed by atoms with van der Waals surface area (Å²) in [5.41, 5.74) is 3.52. The van der Waals surface area contributed by atoms with Crippen LogP contribution in [0.1, 0.15) is 21.6 Å². The number of aromatic carboxylic acids is 1. The van der Waals surface area contributed by atoms with Gasteiger partial charge in [-0.1, -0.05) is 36.4 Å². The van der Waals surface area contributed by atoms with Crippen LogP contribution in [0.5, 0.6) is 0 Å². The molecule has 0 unspecified atom stereocenters. The van der Waals surface area contributed by atoms with Crippen molar-refractivity contribution in [1.82, 2.24) is 4.98 Å². The molecule has 24 heavy (non-hydrogen) atoms. The number of anilines is 1. The molecule has 3 aromatic rings. The molecular formula is C20H17N2O2-. The fourth-order valence-electron chi connectivity index (χ4n) is 2.52. The second kappa shape index (κ2) is 6.54. The van der Waals surface area contributed by atoms with E-state index in [9.17, 15) is 9.90 Å². The van der Waals surface area contributed by atoms with Crippen molar-refractivity contribution < 1.29 is 9.90 Å². The Morgan fingerprint density at radius 1 is 1.04 bits per heavy atom. The summed E-state index contributed by atoms with van der Waals surface area (Å²) < 4.78 is 0. The maximum absolute atomic E-state index is 11.4. The summed E-state index contributed by atoms with van der Waals surface area (Å²) in [5.74, 6) is -1.20. The number of aromatic nitrogens is 1. The predicted molar refractivity (Wildman–Crippen MR) is 95.8 cm³/mol. The summed E-state index contributed by atoms with van der Waals surface area (Å²) in [6.45, 7) is 0. The lowest BCUT2D eigenvalue weighted by atomic mass is 10.1. The van der Waals surface area contributed by atoms with Crippen LogP contribution in [-0.2, 0) is 0 Å². The van der Waals surface area contributed by atoms with Gasteiger partial charge in [-0.25, -0.2) is 4.98 Å². The third kappa shape index (κ3) is 3.27. The van der Waals surface area contributed by atoms with Crippen LogP contribution in [0.3, 0.4) is 0 Å². The Balaban J connectivity index is 1.96. The average molecular weight is 317 g/mol. The normalized spacial score (nSPS) is 11.1. The lowest BCUT2D eigenvalue weighted by molar-refractivity contribution is -0.254. The second-order valence-electron chi connectivity index (χ2n) is 5.72. The minimum absolute atomic E-state index is 0.156. The number of carboxylic acid groups (broad SMARTS) is 1. The fourth-order valence-corrected chi connectivity index (χ4v) is 2.52. The molecule has 4 nitrogen and oxygen atoms in total. The molecule has 0 aliphatic carbocycles. The van der Waals surface area contributed by atoms with Crippen LogP contribution in [0.15, 0.2) is 54.6 Å². The number of hydrogen-bond donors (Lipinski definition) is 0. The van der Waals surface area contributed by atoms with Crippen LogP contribution < -0.4 is 10.0 Å². The molecule has 0 amide bonds. The zero-order valence-corrected chi connectivity index (χ0v) is 13.6. The number of carbonyl (C=O) groups excluding carboxylic acids is 1. The van der Waals surface area contributed by atoms with Crippen molar-refractivity contribution in [2.45, 2.75) is 0 Å². The first kappa shape index (κ1) is 15.7. The van der Waals surface area contributed by atoms with E-state index in [2.05, 4.69) is 4.98 Å². The minimum Gasteiger partial charge on any atom is -0.545 e. The van der Waals surface area contributed by atoms with E-state index in [4.69, 9.17) is 0 Å². The Labute approximate surface area is 140 Å². The van der Waals surface area contributed by atoms with E-state index < -0.39 is 5.97 Å². The fraction of sp³-hybridized carbons (Fsp3) is 0.100. The molecule has 4 heteroatoms. The molecule has 0 atom stereocenters. The summed E-state index contributed by atoms with van der Waals surface area (Å²) >= 11 is 0. The van der Waals surface area contributed by atoms with E-state index in [1.807, 2.05) is 61.5 Å². The first-order valence-corrected chi connectivity index (χ1v) is 7.61. The van der Waals surface area contributed by atoms with Gasteiger partial charge in [0.2, 0.25) is 0 Å². The van der Waals surface area contributed by atoms with Crippen LogP contribution in [0.4, 0.5) is 5.69 Å². The third-order valence-electron chi connectivity index (χ3n) is 3.81. The smallest absolute Gasteiger partial charge is 0.0722 e. The van der Waals surface area contributed by atoms with Gasteiger partial charge in [-0.3, -0.25) is 0 Å². The number of benzene rings is 2. The third-order valence-corrected chi connectivity index (χ3v) is 3.81. The number of carbonyl (C=O) groups is 1. The van der Waals surface area contributed by atoms with Crippen LogP contribution in [0.2, 0.25) is 0 Å². The number of rotatable bonds is 4. The Morgan fingerprint density at radius 3 is 2.42 bits per heavy atom. The van der Waals surface area contributed by atoms with E-state index in [1.54, 1.807) is 24.3 Å². The van der Waals surface area contributed by atoms with Gasteiger partial charge >= 0.3 is 0 Å². The molecule has 2 aromatic carbocycles. The molecule has 120 valence electrons. The van der Waals surface area contributed by atoms with Gasteiger partial charge < -0.3 is 14.8 Å². The van der Waals surface area contributed by atoms with E-state index in [-0.39, 0.29) is 5.56 Å². The van der Waals surface area contributed by atoms with Gasteiger partial charge in [-0.15, -0.1) is 0 Å². The van der Waals surface area contributed by atoms with Gasteiger partial charge in [-0.2, -0.15) is 0 Å². The molecule has 0 fully saturated rings. The molecule has 1 heterocycles. The highest BCUT2D eigenvalue weighted by molar-refractivity contribution is 6.02. The second-order valence-corrected chi connectivity index (χ2v) is 5.72. The highest BCUT2D eigenvalue weighted by Gasteiger charge is 2.05. The highest BCUT2D eigenvalue weighted by atomic mass is 16.4. The molecule has 0 radical (unpaired) electrons. The predicted octanol–water partition coefficient (Wildman–Crippen LogP) is 2.83. The number of nitrogens with zero attached hydrogens (tertiary/aromatic N) is 2. The van der Waals surface area contributed by atoms with Gasteiger partial charge in [0.1, 0.15) is 0 Å². The van der Waals surface area contributed by atoms with E-state index >= 15 is 0 Å². The van der Waals surface area contributed by atoms with Gasteiger partial charge in [0.05, 0.1) is 17.2 Å². The summed E-state index contributed by atoms with van der Waals surface area (Å²) in [4.78, 5) is 17.9. The maximum atomic E-state index is 11.4. The van der Waals surface area contributed by atoms with Gasteiger partial charge in [0.15, 0.2) is 0 Å². The van der Waals surface area contributed by atoms with E-state index in [1.165, 1.54) is 0 Å². The number of para-hydroxylation sites is 1. The van der Waals surface area contributed by atoms with Gasteiger partial charge in [-0.05, 0) is 35.9 Å². The van der Waals surface area contributed by atoms with Crippen molar-refractivity contribution >= 4 is 34.7 Å². The van der Waals surface area contributed by atoms with Crippen molar-refractivity contribution in [2.75, 3.05) is 19.0 Å². The number of carboxylic acids is 1. The Bertz CT molecular complexity index is 913. The summed E-state index contributed by atoms with van der Waals surface area (Å²) in [6, 6.07) is 16.8. The molecule has 0 spiro atoms. The molecule has 0 N–H and O–H groups in total. The van der Waals surface area contributed by atoms with Crippen molar-refractivity contribution in [3.63, 3.8) is 0 Å². The summed E-state index contributed by atoms with van der Waals surface area (Å²) in [5, 5.41) is 12.0. The minimum atomic E-state index is -1.20. The monoisotopic (exact) mass is 317 g/mol. The molecule has 0 saturated heterocycles. The standard InChI is InChI=1S/C20H18N2O2/c1-22(2)16-11-8-14(9-12-16)7-10-15-13-18(20(23)24)17-5-3-4-6-19(17)21-15/h3-13H,1-2H3,(H,23,24)/p-1/b10-7+. The molecular weight excluding hydrogens is 300 g/mol. The highest BCUT2D eigenvalue weighted by Crippen LogP contribution is 2.20. The number of pyridine rings is 1. The molecule has 0 bridgehead atoms. The first-order chi connectivity index (χ1) is 11.5. The van der Waals surface area contributed by atoms with Crippen LogP contribution in [0, 0.1) is 0 Å². The van der Waals surface area contributed by atoms with Crippen LogP contribution >= 0.6 is 0 Å². The van der Waals surface area contributed by atoms with Gasteiger partial charge in [0, 0.05) is 30.7 Å². The zero-order chi connectivity index (χ0) is 17.1. The largest absolute Gasteiger partial charge is 0.545 e. The lowest BCUT2D eigenvalue weighted by Gasteiger charge is -2.11. The van der Waals surface area contributed by atoms with Crippen molar-refractivity contribution in [1.29, 1.82) is 0 Å². The topological polar surface area (TPSA) is 56.3 Å². The molecule has 1 aromatic heterocycles. The Morgan fingerprint density at radius 2 is 1.75 bits per heavy atom. The zero-order valence-electron chi connectivity index (χ0n) is 13.6. The number of hydrogen-bond acceptors (Lipinski definition) is 4. The summed E-state index contributed by atoms with van der Waals surface area (Å²) in [6.07, 6.45) is 3.72. The maximum Gasteiger partial charge on any atom is 0.0722 e. The summed E-state index contributed by atoms with van der Waals surface area (Å²) in [7, 11) is 3.98. The molecule has 0 aliphatic heterocycles. The molecule has 0 saturated carbocycles.